The number of rotatable bonds is 3. The van der Waals surface area contributed by atoms with Crippen LogP contribution in [0.15, 0.2) is 30.6 Å². The summed E-state index contributed by atoms with van der Waals surface area (Å²) in [6.07, 6.45) is 2.50. The molecule has 0 saturated carbocycles. The van der Waals surface area contributed by atoms with Crippen LogP contribution < -0.4 is 4.90 Å². The topological polar surface area (TPSA) is 54.3 Å². The molecule has 1 fully saturated rings. The summed E-state index contributed by atoms with van der Waals surface area (Å²) in [5.41, 5.74) is 0.680. The van der Waals surface area contributed by atoms with Crippen molar-refractivity contribution in [1.29, 1.82) is 0 Å². The predicted molar refractivity (Wildman–Crippen MR) is 89.9 cm³/mol. The second-order valence-electron chi connectivity index (χ2n) is 5.52. The molecule has 0 aliphatic carbocycles. The average molecular weight is 334 g/mol. The van der Waals surface area contributed by atoms with E-state index in [1.807, 2.05) is 16.5 Å². The van der Waals surface area contributed by atoms with Crippen molar-refractivity contribution in [2.24, 2.45) is 0 Å². The predicted octanol–water partition coefficient (Wildman–Crippen LogP) is 2.30. The van der Waals surface area contributed by atoms with Crippen LogP contribution in [-0.4, -0.2) is 51.8 Å². The molecule has 7 heteroatoms. The van der Waals surface area contributed by atoms with Crippen molar-refractivity contribution >= 4 is 23.5 Å². The van der Waals surface area contributed by atoms with Gasteiger partial charge in [-0.2, -0.15) is 10.1 Å². The Morgan fingerprint density at radius 3 is 2.70 bits per heavy atom. The van der Waals surface area contributed by atoms with Gasteiger partial charge < -0.3 is 9.80 Å². The highest BCUT2D eigenvalue weighted by Crippen LogP contribution is 2.16. The van der Waals surface area contributed by atoms with E-state index >= 15 is 0 Å². The molecule has 0 bridgehead atoms. The molecule has 122 valence electrons. The first-order valence-electron chi connectivity index (χ1n) is 7.86. The van der Waals surface area contributed by atoms with E-state index in [4.69, 9.17) is 11.6 Å². The van der Waals surface area contributed by atoms with Crippen molar-refractivity contribution in [3.63, 3.8) is 0 Å². The number of benzene rings is 1. The van der Waals surface area contributed by atoms with Gasteiger partial charge in [0.2, 0.25) is 5.95 Å². The zero-order chi connectivity index (χ0) is 16.2. The molecule has 3 rings (SSSR count). The molecule has 0 radical (unpaired) electrons. The second kappa shape index (κ2) is 7.00. The molecule has 1 aliphatic rings. The zero-order valence-corrected chi connectivity index (χ0v) is 13.9. The van der Waals surface area contributed by atoms with Crippen molar-refractivity contribution in [3.05, 3.63) is 41.2 Å². The minimum atomic E-state index is 0.0560. The number of aryl methyl sites for hydroxylation is 1. The number of hydrogen-bond donors (Lipinski definition) is 0. The Bertz CT molecular complexity index is 669. The van der Waals surface area contributed by atoms with Gasteiger partial charge in [-0.05, 0) is 37.6 Å². The van der Waals surface area contributed by atoms with Gasteiger partial charge in [-0.1, -0.05) is 11.6 Å². The number of amides is 1. The monoisotopic (exact) mass is 333 g/mol. The lowest BCUT2D eigenvalue weighted by Gasteiger charge is -2.22. The quantitative estimate of drug-likeness (QED) is 0.865. The van der Waals surface area contributed by atoms with Gasteiger partial charge in [0.1, 0.15) is 6.33 Å². The maximum absolute atomic E-state index is 12.6. The molecule has 0 unspecified atom stereocenters. The summed E-state index contributed by atoms with van der Waals surface area (Å²) in [7, 11) is 0. The minimum Gasteiger partial charge on any atom is -0.339 e. The fraction of sp³-hybridized carbons (Fsp3) is 0.438. The summed E-state index contributed by atoms with van der Waals surface area (Å²) >= 11 is 5.89. The molecular formula is C16H20ClN5O. The van der Waals surface area contributed by atoms with Gasteiger partial charge in [-0.15, -0.1) is 0 Å². The van der Waals surface area contributed by atoms with E-state index in [9.17, 15) is 4.79 Å². The maximum atomic E-state index is 12.6. The first-order chi connectivity index (χ1) is 11.2. The number of nitrogens with zero attached hydrogens (tertiary/aromatic N) is 5. The lowest BCUT2D eigenvalue weighted by atomic mass is 10.2. The molecule has 1 aromatic carbocycles. The summed E-state index contributed by atoms with van der Waals surface area (Å²) in [4.78, 5) is 21.1. The third kappa shape index (κ3) is 3.47. The number of carbonyl (C=O) groups excluding carboxylic acids is 1. The maximum Gasteiger partial charge on any atom is 0.253 e. The van der Waals surface area contributed by atoms with E-state index in [2.05, 4.69) is 15.0 Å². The minimum absolute atomic E-state index is 0.0560. The van der Waals surface area contributed by atoms with Crippen LogP contribution in [-0.2, 0) is 6.54 Å². The van der Waals surface area contributed by atoms with Gasteiger partial charge >= 0.3 is 0 Å². The molecule has 0 spiro atoms. The fourth-order valence-corrected chi connectivity index (χ4v) is 2.95. The average Bonchev–Trinajstić information content (AvgIpc) is 2.91. The summed E-state index contributed by atoms with van der Waals surface area (Å²) in [5.74, 6) is 0.939. The Morgan fingerprint density at radius 2 is 1.96 bits per heavy atom. The number of hydrogen-bond acceptors (Lipinski definition) is 4. The van der Waals surface area contributed by atoms with Gasteiger partial charge in [-0.25, -0.2) is 4.68 Å². The van der Waals surface area contributed by atoms with Crippen molar-refractivity contribution in [3.8, 4) is 0 Å². The van der Waals surface area contributed by atoms with Crippen LogP contribution in [0, 0.1) is 0 Å². The van der Waals surface area contributed by atoms with E-state index in [1.54, 1.807) is 30.6 Å². The molecular weight excluding hydrogens is 314 g/mol. The summed E-state index contributed by atoms with van der Waals surface area (Å²) < 4.78 is 1.89. The smallest absolute Gasteiger partial charge is 0.253 e. The number of aromatic nitrogens is 3. The van der Waals surface area contributed by atoms with Crippen LogP contribution in [0.2, 0.25) is 5.02 Å². The molecule has 1 aromatic heterocycles. The van der Waals surface area contributed by atoms with Crippen LogP contribution in [0.1, 0.15) is 23.7 Å². The highest BCUT2D eigenvalue weighted by molar-refractivity contribution is 6.30. The normalized spacial score (nSPS) is 15.6. The SMILES string of the molecule is CCn1ncnc1N1CCCN(C(=O)c2ccc(Cl)cc2)CC1. The van der Waals surface area contributed by atoms with Gasteiger partial charge in [0, 0.05) is 43.3 Å². The van der Waals surface area contributed by atoms with Crippen LogP contribution in [0.3, 0.4) is 0 Å². The van der Waals surface area contributed by atoms with Gasteiger partial charge in [0.25, 0.3) is 5.91 Å². The highest BCUT2D eigenvalue weighted by Gasteiger charge is 2.22. The molecule has 23 heavy (non-hydrogen) atoms. The van der Waals surface area contributed by atoms with E-state index < -0.39 is 0 Å². The van der Waals surface area contributed by atoms with Gasteiger partial charge in [-0.3, -0.25) is 4.79 Å². The Balaban J connectivity index is 1.68. The summed E-state index contributed by atoms with van der Waals surface area (Å²) in [6, 6.07) is 7.06. The molecule has 1 aliphatic heterocycles. The van der Waals surface area contributed by atoms with E-state index in [-0.39, 0.29) is 5.91 Å². The molecule has 1 amide bonds. The fourth-order valence-electron chi connectivity index (χ4n) is 2.82. The number of halogens is 1. The first-order valence-corrected chi connectivity index (χ1v) is 8.24. The summed E-state index contributed by atoms with van der Waals surface area (Å²) in [5, 5.41) is 4.86. The largest absolute Gasteiger partial charge is 0.339 e. The van der Waals surface area contributed by atoms with E-state index in [0.29, 0.717) is 17.1 Å². The van der Waals surface area contributed by atoms with E-state index in [1.165, 1.54) is 0 Å². The lowest BCUT2D eigenvalue weighted by molar-refractivity contribution is 0.0767. The van der Waals surface area contributed by atoms with Crippen LogP contribution in [0.25, 0.3) is 0 Å². The van der Waals surface area contributed by atoms with Crippen molar-refractivity contribution in [1.82, 2.24) is 19.7 Å². The van der Waals surface area contributed by atoms with Gasteiger partial charge in [0.05, 0.1) is 0 Å². The molecule has 6 nitrogen and oxygen atoms in total. The van der Waals surface area contributed by atoms with Crippen LogP contribution >= 0.6 is 11.6 Å². The Kier molecular flexibility index (Phi) is 4.81. The van der Waals surface area contributed by atoms with Crippen molar-refractivity contribution in [2.75, 3.05) is 31.1 Å². The van der Waals surface area contributed by atoms with E-state index in [0.717, 1.165) is 38.5 Å². The van der Waals surface area contributed by atoms with Crippen molar-refractivity contribution < 1.29 is 4.79 Å². The molecule has 0 N–H and O–H groups in total. The Labute approximate surface area is 140 Å². The first kappa shape index (κ1) is 15.8. The highest BCUT2D eigenvalue weighted by atomic mass is 35.5. The number of anilines is 1. The third-order valence-electron chi connectivity index (χ3n) is 4.05. The van der Waals surface area contributed by atoms with Crippen LogP contribution in [0.5, 0.6) is 0 Å². The molecule has 2 heterocycles. The van der Waals surface area contributed by atoms with Crippen LogP contribution in [0.4, 0.5) is 5.95 Å². The number of carbonyl (C=O) groups is 1. The molecule has 1 saturated heterocycles. The Hall–Kier alpha value is -2.08. The second-order valence-corrected chi connectivity index (χ2v) is 5.95. The molecule has 0 atom stereocenters. The van der Waals surface area contributed by atoms with Crippen molar-refractivity contribution in [2.45, 2.75) is 19.9 Å². The summed E-state index contributed by atoms with van der Waals surface area (Å²) in [6.45, 7) is 5.91. The Morgan fingerprint density at radius 1 is 1.17 bits per heavy atom. The zero-order valence-electron chi connectivity index (χ0n) is 13.2. The standard InChI is InChI=1S/C16H20ClN5O/c1-2-22-16(18-12-19-22)21-9-3-8-20(10-11-21)15(23)13-4-6-14(17)7-5-13/h4-7,12H,2-3,8-11H2,1H3. The third-order valence-corrected chi connectivity index (χ3v) is 4.30. The lowest BCUT2D eigenvalue weighted by Crippen LogP contribution is -2.35. The molecule has 2 aromatic rings. The van der Waals surface area contributed by atoms with Gasteiger partial charge in [0.15, 0.2) is 0 Å².